The summed E-state index contributed by atoms with van der Waals surface area (Å²) in [6.07, 6.45) is 0. The summed E-state index contributed by atoms with van der Waals surface area (Å²) < 4.78 is 17.2. The molecule has 0 aliphatic carbocycles. The van der Waals surface area contributed by atoms with E-state index in [1.165, 1.54) is 12.1 Å². The Morgan fingerprint density at radius 2 is 1.92 bits per heavy atom. The van der Waals surface area contributed by atoms with Gasteiger partial charge in [-0.05, 0) is 47.9 Å². The standard InChI is InChI=1S/C18H16FN3OS/c1-11(2)13-4-3-5-14(10-13)17(23)21-18-20-16(22-24-18)12-6-8-15(19)9-7-12/h3-11H,1-2H3,(H,20,21,22,23). The first-order valence-corrected chi connectivity index (χ1v) is 8.31. The Bertz CT molecular complexity index is 859. The van der Waals surface area contributed by atoms with Crippen molar-refractivity contribution in [2.45, 2.75) is 19.8 Å². The van der Waals surface area contributed by atoms with E-state index in [9.17, 15) is 9.18 Å². The Balaban J connectivity index is 1.76. The van der Waals surface area contributed by atoms with Crippen LogP contribution in [0.15, 0.2) is 48.5 Å². The van der Waals surface area contributed by atoms with Gasteiger partial charge in [0.1, 0.15) is 5.82 Å². The Hall–Kier alpha value is -2.60. The first-order chi connectivity index (χ1) is 11.5. The van der Waals surface area contributed by atoms with Crippen molar-refractivity contribution in [2.75, 3.05) is 5.32 Å². The lowest BCUT2D eigenvalue weighted by atomic mass is 10.0. The molecule has 3 rings (SSSR count). The number of aromatic nitrogens is 2. The van der Waals surface area contributed by atoms with Crippen LogP contribution in [0.5, 0.6) is 0 Å². The first kappa shape index (κ1) is 16.3. The van der Waals surface area contributed by atoms with Gasteiger partial charge in [0.05, 0.1) is 0 Å². The van der Waals surface area contributed by atoms with E-state index < -0.39 is 0 Å². The topological polar surface area (TPSA) is 54.9 Å². The Kier molecular flexibility index (Phi) is 4.66. The monoisotopic (exact) mass is 341 g/mol. The highest BCUT2D eigenvalue weighted by Crippen LogP contribution is 2.22. The molecule has 0 aliphatic rings. The van der Waals surface area contributed by atoms with Gasteiger partial charge in [0.25, 0.3) is 5.91 Å². The molecule has 0 atom stereocenters. The average molecular weight is 341 g/mol. The number of rotatable bonds is 4. The summed E-state index contributed by atoms with van der Waals surface area (Å²) in [5.74, 6) is 0.280. The molecule has 0 fully saturated rings. The van der Waals surface area contributed by atoms with Crippen molar-refractivity contribution in [3.8, 4) is 11.4 Å². The molecule has 24 heavy (non-hydrogen) atoms. The molecule has 0 saturated carbocycles. The fraction of sp³-hybridized carbons (Fsp3) is 0.167. The van der Waals surface area contributed by atoms with Crippen LogP contribution in [0.3, 0.4) is 0 Å². The van der Waals surface area contributed by atoms with Crippen molar-refractivity contribution >= 4 is 22.6 Å². The molecule has 0 bridgehead atoms. The van der Waals surface area contributed by atoms with Gasteiger partial charge >= 0.3 is 0 Å². The second-order valence-electron chi connectivity index (χ2n) is 5.66. The Labute approximate surface area is 143 Å². The van der Waals surface area contributed by atoms with E-state index in [1.54, 1.807) is 18.2 Å². The first-order valence-electron chi connectivity index (χ1n) is 7.54. The summed E-state index contributed by atoms with van der Waals surface area (Å²) >= 11 is 1.10. The van der Waals surface area contributed by atoms with Gasteiger partial charge in [-0.25, -0.2) is 4.39 Å². The van der Waals surface area contributed by atoms with E-state index in [2.05, 4.69) is 28.5 Å². The van der Waals surface area contributed by atoms with Crippen LogP contribution in [0, 0.1) is 5.82 Å². The van der Waals surface area contributed by atoms with Crippen LogP contribution in [0.1, 0.15) is 35.7 Å². The number of hydrogen-bond donors (Lipinski definition) is 1. The zero-order valence-corrected chi connectivity index (χ0v) is 14.1. The lowest BCUT2D eigenvalue weighted by Gasteiger charge is -2.07. The third kappa shape index (κ3) is 3.65. The Morgan fingerprint density at radius 3 is 2.62 bits per heavy atom. The lowest BCUT2D eigenvalue weighted by molar-refractivity contribution is 0.102. The van der Waals surface area contributed by atoms with Crippen LogP contribution >= 0.6 is 11.5 Å². The highest BCUT2D eigenvalue weighted by atomic mass is 32.1. The summed E-state index contributed by atoms with van der Waals surface area (Å²) in [4.78, 5) is 16.6. The van der Waals surface area contributed by atoms with Crippen LogP contribution in [0.2, 0.25) is 0 Å². The van der Waals surface area contributed by atoms with E-state index in [4.69, 9.17) is 0 Å². The maximum Gasteiger partial charge on any atom is 0.257 e. The number of hydrogen-bond acceptors (Lipinski definition) is 4. The summed E-state index contributed by atoms with van der Waals surface area (Å²) in [5, 5.41) is 3.17. The minimum Gasteiger partial charge on any atom is -0.297 e. The molecule has 3 aromatic rings. The van der Waals surface area contributed by atoms with Gasteiger partial charge in [0, 0.05) is 22.7 Å². The molecule has 0 aliphatic heterocycles. The second-order valence-corrected chi connectivity index (χ2v) is 6.42. The van der Waals surface area contributed by atoms with Gasteiger partial charge in [0.2, 0.25) is 5.13 Å². The molecule has 6 heteroatoms. The summed E-state index contributed by atoms with van der Waals surface area (Å²) in [6.45, 7) is 4.16. The maximum atomic E-state index is 13.0. The number of carbonyl (C=O) groups is 1. The third-order valence-electron chi connectivity index (χ3n) is 3.56. The van der Waals surface area contributed by atoms with E-state index in [0.29, 0.717) is 28.0 Å². The van der Waals surface area contributed by atoms with Crippen molar-refractivity contribution in [1.29, 1.82) is 0 Å². The molecule has 1 amide bonds. The smallest absolute Gasteiger partial charge is 0.257 e. The second kappa shape index (κ2) is 6.88. The molecule has 1 N–H and O–H groups in total. The number of amides is 1. The molecule has 2 aromatic carbocycles. The van der Waals surface area contributed by atoms with Crippen LogP contribution < -0.4 is 5.32 Å². The molecular weight excluding hydrogens is 325 g/mol. The number of carbonyl (C=O) groups excluding carboxylic acids is 1. The van der Waals surface area contributed by atoms with Gasteiger partial charge in [-0.15, -0.1) is 0 Å². The number of anilines is 1. The number of nitrogens with zero attached hydrogens (tertiary/aromatic N) is 2. The van der Waals surface area contributed by atoms with Gasteiger partial charge in [-0.3, -0.25) is 10.1 Å². The van der Waals surface area contributed by atoms with Crippen LogP contribution in [-0.2, 0) is 0 Å². The fourth-order valence-electron chi connectivity index (χ4n) is 2.20. The van der Waals surface area contributed by atoms with Crippen molar-refractivity contribution < 1.29 is 9.18 Å². The minimum absolute atomic E-state index is 0.223. The van der Waals surface area contributed by atoms with Crippen molar-refractivity contribution in [2.24, 2.45) is 0 Å². The zero-order valence-electron chi connectivity index (χ0n) is 13.3. The molecule has 1 heterocycles. The summed E-state index contributed by atoms with van der Waals surface area (Å²) in [5.41, 5.74) is 2.39. The van der Waals surface area contributed by atoms with Gasteiger partial charge in [0.15, 0.2) is 5.82 Å². The highest BCUT2D eigenvalue weighted by Gasteiger charge is 2.12. The minimum atomic E-state index is -0.312. The molecule has 1 aromatic heterocycles. The summed E-state index contributed by atoms with van der Waals surface area (Å²) in [7, 11) is 0. The van der Waals surface area contributed by atoms with Crippen molar-refractivity contribution in [1.82, 2.24) is 9.36 Å². The van der Waals surface area contributed by atoms with Gasteiger partial charge in [-0.1, -0.05) is 26.0 Å². The zero-order chi connectivity index (χ0) is 17.1. The van der Waals surface area contributed by atoms with E-state index >= 15 is 0 Å². The predicted octanol–water partition coefficient (Wildman–Crippen LogP) is 4.72. The molecule has 0 spiro atoms. The van der Waals surface area contributed by atoms with Crippen LogP contribution in [0.25, 0.3) is 11.4 Å². The predicted molar refractivity (Wildman–Crippen MR) is 93.8 cm³/mol. The number of nitrogens with one attached hydrogen (secondary N) is 1. The molecule has 0 unspecified atom stereocenters. The quantitative estimate of drug-likeness (QED) is 0.747. The third-order valence-corrected chi connectivity index (χ3v) is 4.19. The molecule has 0 saturated heterocycles. The van der Waals surface area contributed by atoms with Gasteiger partial charge < -0.3 is 0 Å². The maximum absolute atomic E-state index is 13.0. The summed E-state index contributed by atoms with van der Waals surface area (Å²) in [6, 6.07) is 13.4. The number of halogens is 1. The lowest BCUT2D eigenvalue weighted by Crippen LogP contribution is -2.12. The SMILES string of the molecule is CC(C)c1cccc(C(=O)Nc2nc(-c3ccc(F)cc3)ns2)c1. The number of benzene rings is 2. The van der Waals surface area contributed by atoms with Gasteiger partial charge in [-0.2, -0.15) is 9.36 Å². The molecule has 122 valence electrons. The van der Waals surface area contributed by atoms with Crippen molar-refractivity contribution in [3.05, 3.63) is 65.5 Å². The van der Waals surface area contributed by atoms with Crippen LogP contribution in [-0.4, -0.2) is 15.3 Å². The van der Waals surface area contributed by atoms with Crippen LogP contribution in [0.4, 0.5) is 9.52 Å². The average Bonchev–Trinajstić information content (AvgIpc) is 3.04. The molecule has 0 radical (unpaired) electrons. The molecular formula is C18H16FN3OS. The normalized spacial score (nSPS) is 10.8. The van der Waals surface area contributed by atoms with E-state index in [1.807, 2.05) is 18.2 Å². The fourth-order valence-corrected chi connectivity index (χ4v) is 2.78. The highest BCUT2D eigenvalue weighted by molar-refractivity contribution is 7.10. The largest absolute Gasteiger partial charge is 0.297 e. The molecule has 4 nitrogen and oxygen atoms in total. The Morgan fingerprint density at radius 1 is 1.17 bits per heavy atom. The van der Waals surface area contributed by atoms with Crippen molar-refractivity contribution in [3.63, 3.8) is 0 Å². The van der Waals surface area contributed by atoms with E-state index in [0.717, 1.165) is 17.1 Å². The van der Waals surface area contributed by atoms with E-state index in [-0.39, 0.29) is 11.7 Å².